The van der Waals surface area contributed by atoms with Gasteiger partial charge in [-0.2, -0.15) is 0 Å². The van der Waals surface area contributed by atoms with Crippen LogP contribution in [0.1, 0.15) is 26.7 Å². The molecule has 8 heteroatoms. The van der Waals surface area contributed by atoms with E-state index >= 15 is 0 Å². The number of nitrogens with zero attached hydrogens (tertiary/aromatic N) is 2. The average Bonchev–Trinajstić information content (AvgIpc) is 2.99. The van der Waals surface area contributed by atoms with Gasteiger partial charge in [0.25, 0.3) is 10.0 Å². The van der Waals surface area contributed by atoms with Crippen LogP contribution < -0.4 is 10.0 Å². The van der Waals surface area contributed by atoms with E-state index in [2.05, 4.69) is 28.9 Å². The van der Waals surface area contributed by atoms with Gasteiger partial charge in [0.1, 0.15) is 0 Å². The summed E-state index contributed by atoms with van der Waals surface area (Å²) in [5.41, 5.74) is 0. The number of rotatable bonds is 7. The van der Waals surface area contributed by atoms with Crippen molar-refractivity contribution in [2.45, 2.75) is 38.3 Å². The van der Waals surface area contributed by atoms with E-state index in [1.165, 1.54) is 0 Å². The number of aromatic nitrogens is 2. The molecular weight excluding hydrogens is 312 g/mol. The highest BCUT2D eigenvalue weighted by atomic mass is 35.5. The molecule has 1 fully saturated rings. The molecule has 2 heterocycles. The van der Waals surface area contributed by atoms with Crippen molar-refractivity contribution < 1.29 is 8.42 Å². The standard InChI is InChI=1S/C13H24N4O2S.ClH/c1-11(2)8-17-9-13(15-10-17)20(18,19)16-6-4-12-3-5-14-7-12;/h9-12,14,16H,3-8H2,1-2H3;1H. The van der Waals surface area contributed by atoms with Gasteiger partial charge in [-0.25, -0.2) is 18.1 Å². The monoisotopic (exact) mass is 336 g/mol. The molecule has 1 saturated heterocycles. The highest BCUT2D eigenvalue weighted by molar-refractivity contribution is 7.89. The van der Waals surface area contributed by atoms with Crippen LogP contribution in [-0.4, -0.2) is 37.6 Å². The van der Waals surface area contributed by atoms with Crippen LogP contribution in [-0.2, 0) is 16.6 Å². The quantitative estimate of drug-likeness (QED) is 0.785. The molecule has 6 nitrogen and oxygen atoms in total. The average molecular weight is 337 g/mol. The summed E-state index contributed by atoms with van der Waals surface area (Å²) in [6.45, 7) is 7.45. The fraction of sp³-hybridized carbons (Fsp3) is 0.769. The lowest BCUT2D eigenvalue weighted by Gasteiger charge is -2.08. The number of hydrogen-bond acceptors (Lipinski definition) is 4. The second-order valence-corrected chi connectivity index (χ2v) is 7.56. The van der Waals surface area contributed by atoms with Crippen molar-refractivity contribution in [1.82, 2.24) is 19.6 Å². The predicted octanol–water partition coefficient (Wildman–Crippen LogP) is 1.24. The second kappa shape index (κ2) is 8.12. The summed E-state index contributed by atoms with van der Waals surface area (Å²) in [5.74, 6) is 1.04. The zero-order valence-corrected chi connectivity index (χ0v) is 14.2. The van der Waals surface area contributed by atoms with Crippen molar-refractivity contribution in [3.8, 4) is 0 Å². The summed E-state index contributed by atoms with van der Waals surface area (Å²) < 4.78 is 28.7. The molecule has 0 aromatic carbocycles. The maximum absolute atomic E-state index is 12.1. The fourth-order valence-corrected chi connectivity index (χ4v) is 3.43. The van der Waals surface area contributed by atoms with Crippen molar-refractivity contribution in [3.05, 3.63) is 12.5 Å². The Morgan fingerprint density at radius 1 is 1.52 bits per heavy atom. The van der Waals surface area contributed by atoms with Crippen LogP contribution in [0.2, 0.25) is 0 Å². The maximum atomic E-state index is 12.1. The molecule has 1 atom stereocenters. The lowest BCUT2D eigenvalue weighted by Crippen LogP contribution is -2.27. The first-order valence-electron chi connectivity index (χ1n) is 7.19. The molecule has 1 aliphatic rings. The van der Waals surface area contributed by atoms with Gasteiger partial charge in [-0.3, -0.25) is 0 Å². The van der Waals surface area contributed by atoms with Crippen molar-refractivity contribution in [2.75, 3.05) is 19.6 Å². The molecule has 1 aromatic heterocycles. The minimum atomic E-state index is -3.47. The highest BCUT2D eigenvalue weighted by Gasteiger charge is 2.19. The fourth-order valence-electron chi connectivity index (χ4n) is 2.43. The number of imidazole rings is 1. The highest BCUT2D eigenvalue weighted by Crippen LogP contribution is 2.12. The summed E-state index contributed by atoms with van der Waals surface area (Å²) in [7, 11) is -3.47. The number of hydrogen-bond donors (Lipinski definition) is 2. The van der Waals surface area contributed by atoms with Crippen LogP contribution in [0.3, 0.4) is 0 Å². The van der Waals surface area contributed by atoms with Gasteiger partial charge in [-0.15, -0.1) is 12.4 Å². The van der Waals surface area contributed by atoms with Gasteiger partial charge >= 0.3 is 0 Å². The Labute approximate surface area is 133 Å². The van der Waals surface area contributed by atoms with Crippen molar-refractivity contribution in [2.24, 2.45) is 11.8 Å². The molecule has 0 saturated carbocycles. The molecule has 0 bridgehead atoms. The third-order valence-corrected chi connectivity index (χ3v) is 4.81. The summed E-state index contributed by atoms with van der Waals surface area (Å²) in [6.07, 6.45) is 5.18. The van der Waals surface area contributed by atoms with E-state index in [0.29, 0.717) is 18.4 Å². The van der Waals surface area contributed by atoms with Crippen molar-refractivity contribution in [3.63, 3.8) is 0 Å². The van der Waals surface area contributed by atoms with E-state index in [1.807, 2.05) is 4.57 Å². The largest absolute Gasteiger partial charge is 0.336 e. The summed E-state index contributed by atoms with van der Waals surface area (Å²) in [5, 5.41) is 3.39. The number of nitrogens with one attached hydrogen (secondary N) is 2. The Morgan fingerprint density at radius 2 is 2.29 bits per heavy atom. The lowest BCUT2D eigenvalue weighted by atomic mass is 10.1. The van der Waals surface area contributed by atoms with Gasteiger partial charge in [-0.05, 0) is 37.8 Å². The molecule has 1 unspecified atom stereocenters. The molecule has 0 amide bonds. The van der Waals surface area contributed by atoms with Crippen molar-refractivity contribution in [1.29, 1.82) is 0 Å². The maximum Gasteiger partial charge on any atom is 0.259 e. The van der Waals surface area contributed by atoms with Crippen LogP contribution in [0, 0.1) is 11.8 Å². The van der Waals surface area contributed by atoms with Crippen LogP contribution in [0.15, 0.2) is 17.6 Å². The van der Waals surface area contributed by atoms with E-state index < -0.39 is 10.0 Å². The third kappa shape index (κ3) is 5.58. The van der Waals surface area contributed by atoms with Crippen LogP contribution in [0.5, 0.6) is 0 Å². The first kappa shape index (κ1) is 18.4. The number of sulfonamides is 1. The molecule has 0 spiro atoms. The van der Waals surface area contributed by atoms with E-state index in [1.54, 1.807) is 12.5 Å². The molecule has 1 aliphatic heterocycles. The lowest BCUT2D eigenvalue weighted by molar-refractivity contribution is 0.516. The Balaban J connectivity index is 0.00000220. The topological polar surface area (TPSA) is 76.0 Å². The Bertz CT molecular complexity index is 524. The SMILES string of the molecule is CC(C)Cn1cnc(S(=O)(=O)NCCC2CCNC2)c1.Cl. The normalized spacial score (nSPS) is 18.9. The third-order valence-electron chi connectivity index (χ3n) is 3.47. The second-order valence-electron chi connectivity index (χ2n) is 5.85. The van der Waals surface area contributed by atoms with Gasteiger partial charge in [0.2, 0.25) is 0 Å². The molecule has 2 N–H and O–H groups in total. The molecule has 21 heavy (non-hydrogen) atoms. The first-order valence-corrected chi connectivity index (χ1v) is 8.68. The Kier molecular flexibility index (Phi) is 7.12. The van der Waals surface area contributed by atoms with Gasteiger partial charge < -0.3 is 9.88 Å². The van der Waals surface area contributed by atoms with Crippen LogP contribution in [0.25, 0.3) is 0 Å². The smallest absolute Gasteiger partial charge is 0.259 e. The zero-order valence-electron chi connectivity index (χ0n) is 12.6. The minimum absolute atomic E-state index is 0. The zero-order chi connectivity index (χ0) is 14.6. The Hall–Kier alpha value is -0.630. The molecule has 2 rings (SSSR count). The number of halogens is 1. The first-order chi connectivity index (χ1) is 9.47. The van der Waals surface area contributed by atoms with E-state index in [-0.39, 0.29) is 17.4 Å². The van der Waals surface area contributed by atoms with Gasteiger partial charge in [-0.1, -0.05) is 13.8 Å². The van der Waals surface area contributed by atoms with E-state index in [0.717, 1.165) is 32.5 Å². The molecule has 0 aliphatic carbocycles. The summed E-state index contributed by atoms with van der Waals surface area (Å²) >= 11 is 0. The van der Waals surface area contributed by atoms with Crippen molar-refractivity contribution >= 4 is 22.4 Å². The van der Waals surface area contributed by atoms with Crippen LogP contribution in [0.4, 0.5) is 0 Å². The predicted molar refractivity (Wildman–Crippen MR) is 85.1 cm³/mol. The molecule has 1 aromatic rings. The van der Waals surface area contributed by atoms with Crippen LogP contribution >= 0.6 is 12.4 Å². The minimum Gasteiger partial charge on any atom is -0.336 e. The van der Waals surface area contributed by atoms with Gasteiger partial charge in [0.15, 0.2) is 5.03 Å². The summed E-state index contributed by atoms with van der Waals surface area (Å²) in [6, 6.07) is 0. The molecule has 122 valence electrons. The van der Waals surface area contributed by atoms with Gasteiger partial charge in [0.05, 0.1) is 6.33 Å². The van der Waals surface area contributed by atoms with E-state index in [4.69, 9.17) is 0 Å². The molecular formula is C13H25ClN4O2S. The molecule has 0 radical (unpaired) electrons. The Morgan fingerprint density at radius 3 is 2.90 bits per heavy atom. The van der Waals surface area contributed by atoms with E-state index in [9.17, 15) is 8.42 Å². The van der Waals surface area contributed by atoms with Gasteiger partial charge in [0, 0.05) is 19.3 Å². The summed E-state index contributed by atoms with van der Waals surface area (Å²) in [4.78, 5) is 3.99.